The Labute approximate surface area is 208 Å². The van der Waals surface area contributed by atoms with Crippen LogP contribution < -0.4 is 0 Å². The Morgan fingerprint density at radius 1 is 1.03 bits per heavy atom. The fraction of sp³-hybridized carbons (Fsp3) is 0.857. The number of hydrogen-bond donors (Lipinski definition) is 1. The minimum atomic E-state index is -0.789. The molecular weight excluding hydrogens is 448 g/mol. The number of hydrogen-bond acceptors (Lipinski definition) is 6. The van der Waals surface area contributed by atoms with Crippen molar-refractivity contribution in [3.05, 3.63) is 0 Å². The van der Waals surface area contributed by atoms with Crippen LogP contribution in [0.1, 0.15) is 92.4 Å². The molecule has 0 saturated heterocycles. The van der Waals surface area contributed by atoms with Crippen LogP contribution in [0.15, 0.2) is 0 Å². The summed E-state index contributed by atoms with van der Waals surface area (Å²) in [6, 6.07) is 0. The average molecular weight is 491 g/mol. The minimum Gasteiger partial charge on any atom is -0.481 e. The zero-order chi connectivity index (χ0) is 25.7. The van der Waals surface area contributed by atoms with Crippen molar-refractivity contribution in [2.45, 2.75) is 105 Å². The lowest BCUT2D eigenvalue weighted by atomic mass is 9.43. The third-order valence-corrected chi connectivity index (χ3v) is 10.7. The molecular formula is C28H42O7. The maximum atomic E-state index is 13.8. The topological polar surface area (TPSA) is 107 Å². The quantitative estimate of drug-likeness (QED) is 0.533. The fourth-order valence-corrected chi connectivity index (χ4v) is 9.07. The molecule has 4 aliphatic carbocycles. The van der Waals surface area contributed by atoms with Crippen molar-refractivity contribution in [2.24, 2.45) is 46.3 Å². The zero-order valence-corrected chi connectivity index (χ0v) is 21.9. The summed E-state index contributed by atoms with van der Waals surface area (Å²) in [7, 11) is 0. The molecule has 0 aromatic rings. The molecule has 196 valence electrons. The average Bonchev–Trinajstić information content (AvgIpc) is 3.11. The molecule has 7 heteroatoms. The van der Waals surface area contributed by atoms with E-state index in [1.165, 1.54) is 13.8 Å². The van der Waals surface area contributed by atoms with Gasteiger partial charge in [0, 0.05) is 38.0 Å². The Morgan fingerprint density at radius 2 is 1.71 bits per heavy atom. The van der Waals surface area contributed by atoms with E-state index in [2.05, 4.69) is 20.8 Å². The first-order valence-electron chi connectivity index (χ1n) is 13.5. The summed E-state index contributed by atoms with van der Waals surface area (Å²) in [4.78, 5) is 48.8. The second-order valence-corrected chi connectivity index (χ2v) is 12.4. The lowest BCUT2D eigenvalue weighted by Gasteiger charge is -2.62. The third kappa shape index (κ3) is 4.53. The number of carboxylic acids is 1. The molecule has 1 N–H and O–H groups in total. The normalized spacial score (nSPS) is 43.3. The van der Waals surface area contributed by atoms with Gasteiger partial charge in [0.05, 0.1) is 0 Å². The number of ketones is 1. The van der Waals surface area contributed by atoms with Gasteiger partial charge in [-0.25, -0.2) is 0 Å². The monoisotopic (exact) mass is 490 g/mol. The number of rotatable bonds is 6. The molecule has 0 bridgehead atoms. The highest BCUT2D eigenvalue weighted by Crippen LogP contribution is 2.68. The molecule has 0 heterocycles. The summed E-state index contributed by atoms with van der Waals surface area (Å²) in [5.41, 5.74) is -0.388. The van der Waals surface area contributed by atoms with Gasteiger partial charge >= 0.3 is 17.9 Å². The highest BCUT2D eigenvalue weighted by Gasteiger charge is 2.67. The van der Waals surface area contributed by atoms with Crippen molar-refractivity contribution >= 4 is 23.7 Å². The van der Waals surface area contributed by atoms with Crippen LogP contribution in [0.5, 0.6) is 0 Å². The number of aliphatic carboxylic acids is 1. The third-order valence-electron chi connectivity index (χ3n) is 10.7. The van der Waals surface area contributed by atoms with Crippen LogP contribution in [0.4, 0.5) is 0 Å². The second kappa shape index (κ2) is 9.51. The summed E-state index contributed by atoms with van der Waals surface area (Å²) >= 11 is 0. The first kappa shape index (κ1) is 26.2. The smallest absolute Gasteiger partial charge is 0.303 e. The number of carboxylic acid groups (broad SMARTS) is 1. The molecule has 0 unspecified atom stereocenters. The summed E-state index contributed by atoms with van der Waals surface area (Å²) < 4.78 is 11.6. The Morgan fingerprint density at radius 3 is 2.34 bits per heavy atom. The van der Waals surface area contributed by atoms with E-state index in [1.54, 1.807) is 0 Å². The molecule has 4 aliphatic rings. The number of Topliss-reactive ketones (excluding diaryl/α,β-unsaturated/α-hetero) is 1. The van der Waals surface area contributed by atoms with Gasteiger partial charge in [-0.2, -0.15) is 0 Å². The molecule has 0 aromatic carbocycles. The van der Waals surface area contributed by atoms with E-state index in [0.717, 1.165) is 32.1 Å². The molecule has 10 atom stereocenters. The first-order valence-corrected chi connectivity index (χ1v) is 13.5. The van der Waals surface area contributed by atoms with E-state index in [0.29, 0.717) is 25.0 Å². The summed E-state index contributed by atoms with van der Waals surface area (Å²) in [6.07, 6.45) is 5.80. The molecule has 4 saturated carbocycles. The standard InChI is InChI=1S/C28H42O7/c1-15(6-9-25(32)33)20-7-8-21-26-22(14-24(28(20,21)5)35-17(3)30)27(4)11-10-19(34-16(2)29)12-18(27)13-23(26)31/h15,18-22,24,26H,6-14H2,1-5H3,(H,32,33)/t15-,18-,19+,20+,21-,22-,24-,26+,27-,28+/m0/s1. The second-order valence-electron chi connectivity index (χ2n) is 12.4. The van der Waals surface area contributed by atoms with E-state index in [4.69, 9.17) is 9.47 Å². The van der Waals surface area contributed by atoms with Gasteiger partial charge in [-0.05, 0) is 80.0 Å². The Kier molecular flexibility index (Phi) is 7.11. The van der Waals surface area contributed by atoms with Gasteiger partial charge < -0.3 is 14.6 Å². The zero-order valence-electron chi connectivity index (χ0n) is 21.9. The predicted molar refractivity (Wildman–Crippen MR) is 128 cm³/mol. The van der Waals surface area contributed by atoms with Crippen LogP contribution in [0.3, 0.4) is 0 Å². The van der Waals surface area contributed by atoms with Crippen LogP contribution in [-0.4, -0.2) is 41.0 Å². The summed E-state index contributed by atoms with van der Waals surface area (Å²) in [5.74, 6) is -0.233. The summed E-state index contributed by atoms with van der Waals surface area (Å²) in [5, 5.41) is 9.23. The van der Waals surface area contributed by atoms with Gasteiger partial charge in [0.15, 0.2) is 0 Å². The van der Waals surface area contributed by atoms with Crippen LogP contribution in [0, 0.1) is 46.3 Å². The number of carbonyl (C=O) groups is 4. The number of carbonyl (C=O) groups excluding carboxylic acids is 3. The Hall–Kier alpha value is -1.92. The van der Waals surface area contributed by atoms with Gasteiger partial charge in [0.2, 0.25) is 0 Å². The lowest BCUT2D eigenvalue weighted by molar-refractivity contribution is -0.197. The minimum absolute atomic E-state index is 0.0463. The largest absolute Gasteiger partial charge is 0.481 e. The van der Waals surface area contributed by atoms with Crippen LogP contribution >= 0.6 is 0 Å². The van der Waals surface area contributed by atoms with Crippen molar-refractivity contribution in [1.82, 2.24) is 0 Å². The molecule has 35 heavy (non-hydrogen) atoms. The van der Waals surface area contributed by atoms with E-state index >= 15 is 0 Å². The molecule has 4 rings (SSSR count). The van der Waals surface area contributed by atoms with E-state index in [-0.39, 0.29) is 76.9 Å². The summed E-state index contributed by atoms with van der Waals surface area (Å²) in [6.45, 7) is 9.53. The van der Waals surface area contributed by atoms with Crippen LogP contribution in [-0.2, 0) is 28.7 Å². The highest BCUT2D eigenvalue weighted by molar-refractivity contribution is 5.83. The SMILES string of the molecule is CC(=O)O[C@@H]1CC[C@@]2(C)[C@H](CC(=O)[C@H]3[C@@H]2C[C@H](OC(C)=O)[C@]2(C)[C@@H]([C@@H](C)CCC(=O)O)CC[C@@H]32)C1. The van der Waals surface area contributed by atoms with Gasteiger partial charge in [-0.15, -0.1) is 0 Å². The maximum absolute atomic E-state index is 13.8. The van der Waals surface area contributed by atoms with E-state index < -0.39 is 5.97 Å². The van der Waals surface area contributed by atoms with Crippen LogP contribution in [0.25, 0.3) is 0 Å². The Bertz CT molecular complexity index is 883. The number of fused-ring (bicyclic) bond motifs is 5. The van der Waals surface area contributed by atoms with Crippen molar-refractivity contribution in [2.75, 3.05) is 0 Å². The first-order chi connectivity index (χ1) is 16.4. The number of esters is 2. The maximum Gasteiger partial charge on any atom is 0.303 e. The highest BCUT2D eigenvalue weighted by atomic mass is 16.5. The van der Waals surface area contributed by atoms with Crippen molar-refractivity contribution in [3.63, 3.8) is 0 Å². The van der Waals surface area contributed by atoms with E-state index in [1.807, 2.05) is 0 Å². The molecule has 7 nitrogen and oxygen atoms in total. The molecule has 4 fully saturated rings. The van der Waals surface area contributed by atoms with Gasteiger partial charge in [-0.1, -0.05) is 20.8 Å². The number of ether oxygens (including phenoxy) is 2. The Balaban J connectivity index is 1.65. The van der Waals surface area contributed by atoms with Crippen molar-refractivity contribution < 1.29 is 33.8 Å². The van der Waals surface area contributed by atoms with Gasteiger partial charge in [-0.3, -0.25) is 19.2 Å². The predicted octanol–water partition coefficient (Wildman–Crippen LogP) is 4.80. The molecule has 0 spiro atoms. The van der Waals surface area contributed by atoms with Crippen molar-refractivity contribution in [1.29, 1.82) is 0 Å². The molecule has 0 aliphatic heterocycles. The van der Waals surface area contributed by atoms with Gasteiger partial charge in [0.25, 0.3) is 0 Å². The van der Waals surface area contributed by atoms with Crippen LogP contribution in [0.2, 0.25) is 0 Å². The lowest BCUT2D eigenvalue weighted by Crippen LogP contribution is -2.62. The molecule has 0 amide bonds. The molecule has 0 radical (unpaired) electrons. The van der Waals surface area contributed by atoms with E-state index in [9.17, 15) is 24.3 Å². The molecule has 0 aromatic heterocycles. The fourth-order valence-electron chi connectivity index (χ4n) is 9.07. The van der Waals surface area contributed by atoms with Crippen molar-refractivity contribution in [3.8, 4) is 0 Å². The van der Waals surface area contributed by atoms with Gasteiger partial charge in [0.1, 0.15) is 18.0 Å².